The molecule has 4 N–H and O–H groups in total. The van der Waals surface area contributed by atoms with Gasteiger partial charge in [0.2, 0.25) is 0 Å². The monoisotopic (exact) mass is 590 g/mol. The van der Waals surface area contributed by atoms with E-state index < -0.39 is 59.9 Å². The van der Waals surface area contributed by atoms with E-state index in [4.69, 9.17) is 29.9 Å². The van der Waals surface area contributed by atoms with E-state index in [2.05, 4.69) is 17.9 Å². The summed E-state index contributed by atoms with van der Waals surface area (Å²) in [6.07, 6.45) is 6.74. The fraction of sp³-hybridized carbons (Fsp3) is 0.643. The minimum atomic E-state index is -1.11. The van der Waals surface area contributed by atoms with E-state index in [0.29, 0.717) is 38.9 Å². The summed E-state index contributed by atoms with van der Waals surface area (Å²) < 4.78 is 14.0. The molecule has 0 radical (unpaired) electrons. The highest BCUT2D eigenvalue weighted by molar-refractivity contribution is 5.91. The van der Waals surface area contributed by atoms with Crippen LogP contribution in [0, 0.1) is 10.8 Å². The van der Waals surface area contributed by atoms with Gasteiger partial charge in [-0.05, 0) is 66.2 Å². The molecule has 13 heteroatoms. The Hall–Kier alpha value is -3.58. The number of aliphatic hydroxyl groups is 2. The zero-order chi connectivity index (χ0) is 32.5. The third kappa shape index (κ3) is 26.4. The van der Waals surface area contributed by atoms with Crippen molar-refractivity contribution in [3.63, 3.8) is 0 Å². The summed E-state index contributed by atoms with van der Waals surface area (Å²) in [5.74, 6) is -4.03. The van der Waals surface area contributed by atoms with Gasteiger partial charge in [0, 0.05) is 25.0 Å². The molecule has 0 unspecified atom stereocenters. The number of hydrogen-bond acceptors (Lipinski definition) is 11. The molecule has 0 saturated heterocycles. The van der Waals surface area contributed by atoms with Gasteiger partial charge in [0.1, 0.15) is 0 Å². The molecule has 0 aliphatic carbocycles. The van der Waals surface area contributed by atoms with Gasteiger partial charge in [-0.3, -0.25) is 19.2 Å². The number of ether oxygens (including phenoxy) is 3. The number of rotatable bonds is 18. The van der Waals surface area contributed by atoms with Gasteiger partial charge in [-0.2, -0.15) is 0 Å². The van der Waals surface area contributed by atoms with Gasteiger partial charge in [0.05, 0.1) is 37.3 Å². The Bertz CT molecular complexity index is 776. The molecule has 0 heterocycles. The summed E-state index contributed by atoms with van der Waals surface area (Å²) >= 11 is 0. The molecule has 0 aromatic rings. The highest BCUT2D eigenvalue weighted by Crippen LogP contribution is 2.21. The highest BCUT2D eigenvalue weighted by Gasteiger charge is 2.36. The van der Waals surface area contributed by atoms with Crippen molar-refractivity contribution in [2.24, 2.45) is 10.8 Å². The Morgan fingerprint density at radius 2 is 0.927 bits per heavy atom. The second-order valence-corrected chi connectivity index (χ2v) is 9.91. The Morgan fingerprint density at radius 3 is 1.17 bits per heavy atom. The van der Waals surface area contributed by atoms with Crippen molar-refractivity contribution >= 4 is 35.8 Å². The van der Waals surface area contributed by atoms with Gasteiger partial charge in [-0.15, -0.1) is 0 Å². The lowest BCUT2D eigenvalue weighted by molar-refractivity contribution is -0.174. The minimum Gasteiger partial charge on any atom is -0.481 e. The summed E-state index contributed by atoms with van der Waals surface area (Å²) in [7, 11) is 0. The van der Waals surface area contributed by atoms with Crippen LogP contribution in [0.15, 0.2) is 25.3 Å². The number of carboxylic acids is 2. The van der Waals surface area contributed by atoms with Crippen molar-refractivity contribution in [1.29, 1.82) is 0 Å². The number of esters is 4. The largest absolute Gasteiger partial charge is 0.481 e. The van der Waals surface area contributed by atoms with Crippen LogP contribution in [0.3, 0.4) is 0 Å². The number of hydrogen-bond donors (Lipinski definition) is 4. The van der Waals surface area contributed by atoms with Crippen LogP contribution in [-0.4, -0.2) is 82.7 Å². The maximum atomic E-state index is 11.4. The standard InChI is InChI=1S/C10H18O5.2C9H14O4/c1-9(2,5-11)7(13)15-8(14)10(3,4)6-12;2*1-2-9(12)13-7-5-3-4-6-8(10)11/h11-12H,5-6H2,1-4H3;2*2H,1,3-7H2,(H,10,11). The summed E-state index contributed by atoms with van der Waals surface area (Å²) in [6, 6.07) is 0. The zero-order valence-corrected chi connectivity index (χ0v) is 24.5. The molecule has 0 aromatic carbocycles. The molecule has 0 spiro atoms. The fourth-order valence-corrected chi connectivity index (χ4v) is 2.06. The SMILES string of the molecule is C=CC(=O)OCCCCCC(=O)O.C=CC(=O)OCCCCCC(=O)O.CC(C)(CO)C(=O)OC(=O)C(C)(C)CO. The van der Waals surface area contributed by atoms with Gasteiger partial charge in [-0.25, -0.2) is 9.59 Å². The first-order valence-corrected chi connectivity index (χ1v) is 13.0. The first-order valence-electron chi connectivity index (χ1n) is 13.0. The van der Waals surface area contributed by atoms with Crippen molar-refractivity contribution in [1.82, 2.24) is 0 Å². The first kappa shape index (κ1) is 41.9. The predicted molar refractivity (Wildman–Crippen MR) is 147 cm³/mol. The maximum absolute atomic E-state index is 11.4. The number of aliphatic carboxylic acids is 2. The number of carbonyl (C=O) groups excluding carboxylic acids is 4. The second-order valence-electron chi connectivity index (χ2n) is 9.91. The lowest BCUT2D eigenvalue weighted by atomic mass is 9.93. The smallest absolute Gasteiger partial charge is 0.330 e. The number of carbonyl (C=O) groups is 6. The third-order valence-corrected chi connectivity index (χ3v) is 4.97. The lowest BCUT2D eigenvalue weighted by Crippen LogP contribution is -2.38. The number of carboxylic acid groups (broad SMARTS) is 2. The van der Waals surface area contributed by atoms with Crippen molar-refractivity contribution in [3.05, 3.63) is 25.3 Å². The van der Waals surface area contributed by atoms with E-state index in [1.807, 2.05) is 0 Å². The van der Waals surface area contributed by atoms with E-state index in [9.17, 15) is 28.8 Å². The number of unbranched alkanes of at least 4 members (excludes halogenated alkanes) is 4. The zero-order valence-electron chi connectivity index (χ0n) is 24.5. The molecule has 0 aromatic heterocycles. The van der Waals surface area contributed by atoms with Crippen LogP contribution in [0.4, 0.5) is 0 Å². The van der Waals surface area contributed by atoms with E-state index >= 15 is 0 Å². The third-order valence-electron chi connectivity index (χ3n) is 4.97. The Balaban J connectivity index is -0.000000530. The Kier molecular flexibility index (Phi) is 24.8. The normalized spacial score (nSPS) is 10.4. The minimum absolute atomic E-state index is 0.176. The maximum Gasteiger partial charge on any atom is 0.330 e. The molecule has 0 atom stereocenters. The molecule has 0 aliphatic rings. The predicted octanol–water partition coefficient (Wildman–Crippen LogP) is 2.81. The van der Waals surface area contributed by atoms with Crippen LogP contribution in [0.2, 0.25) is 0 Å². The molecule has 0 bridgehead atoms. The van der Waals surface area contributed by atoms with Crippen molar-refractivity contribution < 1.29 is 63.4 Å². The molecular weight excluding hydrogens is 544 g/mol. The Labute approximate surface area is 241 Å². The molecular formula is C28H46O13. The average Bonchev–Trinajstić information content (AvgIpc) is 2.92. The summed E-state index contributed by atoms with van der Waals surface area (Å²) in [6.45, 7) is 12.2. The quantitative estimate of drug-likeness (QED) is 0.0595. The van der Waals surface area contributed by atoms with E-state index in [-0.39, 0.29) is 12.8 Å². The van der Waals surface area contributed by atoms with Crippen LogP contribution in [-0.2, 0) is 43.0 Å². The second kappa shape index (κ2) is 24.2. The first-order chi connectivity index (χ1) is 19.0. The molecule has 41 heavy (non-hydrogen) atoms. The molecule has 0 saturated carbocycles. The molecule has 0 amide bonds. The summed E-state index contributed by atoms with van der Waals surface area (Å²) in [5.41, 5.74) is -2.22. The number of aliphatic hydroxyl groups excluding tert-OH is 2. The molecule has 0 aliphatic heterocycles. The topological polar surface area (TPSA) is 211 Å². The fourth-order valence-electron chi connectivity index (χ4n) is 2.06. The van der Waals surface area contributed by atoms with E-state index in [1.54, 1.807) is 0 Å². The van der Waals surface area contributed by atoms with Gasteiger partial charge in [-0.1, -0.05) is 13.2 Å². The highest BCUT2D eigenvalue weighted by atomic mass is 16.6. The van der Waals surface area contributed by atoms with Gasteiger partial charge in [0.15, 0.2) is 0 Å². The Morgan fingerprint density at radius 1 is 0.610 bits per heavy atom. The van der Waals surface area contributed by atoms with Gasteiger partial charge in [0.25, 0.3) is 0 Å². The van der Waals surface area contributed by atoms with E-state index in [0.717, 1.165) is 25.0 Å². The van der Waals surface area contributed by atoms with Crippen LogP contribution in [0.1, 0.15) is 79.1 Å². The van der Waals surface area contributed by atoms with Crippen molar-refractivity contribution in [2.45, 2.75) is 79.1 Å². The molecule has 0 fully saturated rings. The van der Waals surface area contributed by atoms with Gasteiger partial charge < -0.3 is 34.6 Å². The van der Waals surface area contributed by atoms with Crippen LogP contribution in [0.5, 0.6) is 0 Å². The van der Waals surface area contributed by atoms with Crippen molar-refractivity contribution in [2.75, 3.05) is 26.4 Å². The molecule has 0 rings (SSSR count). The van der Waals surface area contributed by atoms with Crippen molar-refractivity contribution in [3.8, 4) is 0 Å². The summed E-state index contributed by atoms with van der Waals surface area (Å²) in [4.78, 5) is 64.0. The molecule has 13 nitrogen and oxygen atoms in total. The molecule has 236 valence electrons. The lowest BCUT2D eigenvalue weighted by Gasteiger charge is -2.23. The van der Waals surface area contributed by atoms with Crippen LogP contribution >= 0.6 is 0 Å². The van der Waals surface area contributed by atoms with Crippen LogP contribution in [0.25, 0.3) is 0 Å². The van der Waals surface area contributed by atoms with Crippen LogP contribution < -0.4 is 0 Å². The summed E-state index contributed by atoms with van der Waals surface area (Å²) in [5, 5.41) is 34.3. The van der Waals surface area contributed by atoms with E-state index in [1.165, 1.54) is 27.7 Å². The average molecular weight is 591 g/mol. The van der Waals surface area contributed by atoms with Gasteiger partial charge >= 0.3 is 35.8 Å².